The number of sulfonamides is 1. The Morgan fingerprint density at radius 2 is 1.79 bits per heavy atom. The number of nitrogens with zero attached hydrogens (tertiary/aromatic N) is 2. The number of benzene rings is 1. The van der Waals surface area contributed by atoms with Gasteiger partial charge in [0.15, 0.2) is 0 Å². The third-order valence-electron chi connectivity index (χ3n) is 5.68. The molecule has 0 unspecified atom stereocenters. The second kappa shape index (κ2) is 7.13. The zero-order valence-electron chi connectivity index (χ0n) is 15.9. The molecule has 0 spiro atoms. The number of rotatable bonds is 4. The third kappa shape index (κ3) is 3.38. The van der Waals surface area contributed by atoms with Crippen LogP contribution in [0.5, 0.6) is 0 Å². The van der Waals surface area contributed by atoms with Crippen molar-refractivity contribution in [1.82, 2.24) is 9.21 Å². The molecule has 0 atom stereocenters. The molecule has 1 saturated carbocycles. The second-order valence-corrected chi connectivity index (χ2v) is 11.4. The van der Waals surface area contributed by atoms with E-state index in [1.54, 1.807) is 6.07 Å². The average Bonchev–Trinajstić information content (AvgIpc) is 3.40. The molecule has 2 aliphatic rings. The zero-order chi connectivity index (χ0) is 20.1. The number of hydrogen-bond donors (Lipinski definition) is 0. The second-order valence-electron chi connectivity index (χ2n) is 7.57. The minimum atomic E-state index is -3.51. The van der Waals surface area contributed by atoms with Gasteiger partial charge in [0.05, 0.1) is 10.3 Å². The molecule has 8 heteroatoms. The fraction of sp³-hybridized carbons (Fsp3) is 0.450. The zero-order valence-corrected chi connectivity index (χ0v) is 18.3. The lowest BCUT2D eigenvalue weighted by Crippen LogP contribution is -2.52. The molecule has 1 amide bonds. The van der Waals surface area contributed by atoms with Gasteiger partial charge in [-0.15, -0.1) is 11.3 Å². The maximum atomic E-state index is 13.2. The molecule has 1 aromatic heterocycles. The molecular formula is C20H23ClN2O3S2. The smallest absolute Gasteiger partial charge is 0.244 e. The Labute approximate surface area is 175 Å². The number of carbonyl (C=O) groups is 1. The molecule has 2 aromatic rings. The maximum absolute atomic E-state index is 13.2. The summed E-state index contributed by atoms with van der Waals surface area (Å²) in [5.74, 6) is 0.0920. The Morgan fingerprint density at radius 3 is 2.32 bits per heavy atom. The van der Waals surface area contributed by atoms with Crippen LogP contribution in [0.1, 0.15) is 28.2 Å². The third-order valence-corrected chi connectivity index (χ3v) is 9.03. The van der Waals surface area contributed by atoms with Crippen molar-refractivity contribution >= 4 is 38.9 Å². The fourth-order valence-electron chi connectivity index (χ4n) is 3.97. The number of hydrogen-bond acceptors (Lipinski definition) is 4. The summed E-state index contributed by atoms with van der Waals surface area (Å²) in [6.07, 6.45) is 1.64. The molecule has 0 bridgehead atoms. The van der Waals surface area contributed by atoms with Crippen molar-refractivity contribution in [2.75, 3.05) is 26.2 Å². The largest absolute Gasteiger partial charge is 0.339 e. The van der Waals surface area contributed by atoms with Gasteiger partial charge in [-0.05, 0) is 50.5 Å². The topological polar surface area (TPSA) is 57.7 Å². The van der Waals surface area contributed by atoms with Crippen molar-refractivity contribution in [1.29, 1.82) is 0 Å². The van der Waals surface area contributed by atoms with Crippen LogP contribution in [0.25, 0.3) is 0 Å². The van der Waals surface area contributed by atoms with Gasteiger partial charge in [0.1, 0.15) is 0 Å². The fourth-order valence-corrected chi connectivity index (χ4v) is 7.11. The van der Waals surface area contributed by atoms with E-state index in [2.05, 4.69) is 0 Å². The Hall–Kier alpha value is -1.41. The van der Waals surface area contributed by atoms with Crippen LogP contribution in [0.3, 0.4) is 0 Å². The van der Waals surface area contributed by atoms with E-state index in [1.807, 2.05) is 43.0 Å². The van der Waals surface area contributed by atoms with Crippen molar-refractivity contribution in [2.24, 2.45) is 0 Å². The van der Waals surface area contributed by atoms with Gasteiger partial charge in [-0.3, -0.25) is 4.79 Å². The molecule has 1 aliphatic carbocycles. The van der Waals surface area contributed by atoms with E-state index in [4.69, 9.17) is 11.6 Å². The monoisotopic (exact) mass is 438 g/mol. The Morgan fingerprint density at radius 1 is 1.11 bits per heavy atom. The quantitative estimate of drug-likeness (QED) is 0.733. The summed E-state index contributed by atoms with van der Waals surface area (Å²) in [5.41, 5.74) is 0.483. The highest BCUT2D eigenvalue weighted by Crippen LogP contribution is 2.50. The summed E-state index contributed by atoms with van der Waals surface area (Å²) in [5, 5.41) is 0.633. The van der Waals surface area contributed by atoms with Crippen molar-refractivity contribution in [3.63, 3.8) is 0 Å². The van der Waals surface area contributed by atoms with E-state index in [1.165, 1.54) is 15.6 Å². The normalized spacial score (nSPS) is 19.6. The lowest BCUT2D eigenvalue weighted by Gasteiger charge is -2.36. The number of thiophene rings is 1. The first-order valence-corrected chi connectivity index (χ1v) is 12.0. The maximum Gasteiger partial charge on any atom is 0.244 e. The highest BCUT2D eigenvalue weighted by molar-refractivity contribution is 7.89. The molecule has 150 valence electrons. The van der Waals surface area contributed by atoms with Crippen LogP contribution >= 0.6 is 22.9 Å². The molecule has 2 fully saturated rings. The van der Waals surface area contributed by atoms with E-state index >= 15 is 0 Å². The van der Waals surface area contributed by atoms with Crippen LogP contribution in [0, 0.1) is 13.8 Å². The molecule has 1 aromatic carbocycles. The van der Waals surface area contributed by atoms with E-state index in [9.17, 15) is 13.2 Å². The van der Waals surface area contributed by atoms with Crippen LogP contribution in [0.4, 0.5) is 0 Å². The lowest BCUT2D eigenvalue weighted by molar-refractivity contribution is -0.135. The van der Waals surface area contributed by atoms with Crippen LogP contribution in [-0.2, 0) is 20.2 Å². The predicted molar refractivity (Wildman–Crippen MR) is 111 cm³/mol. The van der Waals surface area contributed by atoms with Gasteiger partial charge in [-0.1, -0.05) is 23.7 Å². The SMILES string of the molecule is Cc1cc(S(=O)(=O)N2CCN(C(=O)C3(c4cccc(Cl)c4)CC3)CC2)c(C)s1. The van der Waals surface area contributed by atoms with Gasteiger partial charge in [-0.2, -0.15) is 4.31 Å². The number of carbonyl (C=O) groups excluding carboxylic acids is 1. The summed E-state index contributed by atoms with van der Waals surface area (Å²) in [4.78, 5) is 17.2. The molecule has 4 rings (SSSR count). The van der Waals surface area contributed by atoms with E-state index in [-0.39, 0.29) is 5.91 Å². The first-order valence-electron chi connectivity index (χ1n) is 9.37. The minimum Gasteiger partial charge on any atom is -0.339 e. The number of halogens is 1. The van der Waals surface area contributed by atoms with E-state index < -0.39 is 15.4 Å². The highest BCUT2D eigenvalue weighted by Gasteiger charge is 2.53. The lowest BCUT2D eigenvalue weighted by atomic mass is 9.94. The molecule has 2 heterocycles. The van der Waals surface area contributed by atoms with Crippen molar-refractivity contribution in [3.8, 4) is 0 Å². The summed E-state index contributed by atoms with van der Waals surface area (Å²) in [6.45, 7) is 5.25. The van der Waals surface area contributed by atoms with E-state index in [0.717, 1.165) is 28.2 Å². The molecule has 5 nitrogen and oxygen atoms in total. The Bertz CT molecular complexity index is 1020. The van der Waals surface area contributed by atoms with Gasteiger partial charge in [0.2, 0.25) is 15.9 Å². The first-order chi connectivity index (χ1) is 13.2. The van der Waals surface area contributed by atoms with Gasteiger partial charge in [-0.25, -0.2) is 8.42 Å². The van der Waals surface area contributed by atoms with Crippen molar-refractivity contribution in [2.45, 2.75) is 37.0 Å². The predicted octanol–water partition coefficient (Wildman–Crippen LogP) is 3.58. The number of aryl methyl sites for hydroxylation is 2. The Kier molecular flexibility index (Phi) is 5.06. The summed E-state index contributed by atoms with van der Waals surface area (Å²) < 4.78 is 27.5. The van der Waals surface area contributed by atoms with Gasteiger partial charge in [0.25, 0.3) is 0 Å². The van der Waals surface area contributed by atoms with Gasteiger partial charge < -0.3 is 4.90 Å². The summed E-state index contributed by atoms with van der Waals surface area (Å²) in [7, 11) is -3.51. The van der Waals surface area contributed by atoms with Crippen LogP contribution in [-0.4, -0.2) is 49.7 Å². The summed E-state index contributed by atoms with van der Waals surface area (Å²) >= 11 is 7.61. The highest BCUT2D eigenvalue weighted by atomic mass is 35.5. The Balaban J connectivity index is 1.47. The molecule has 1 aliphatic heterocycles. The summed E-state index contributed by atoms with van der Waals surface area (Å²) in [6, 6.07) is 9.25. The number of piperazine rings is 1. The van der Waals surface area contributed by atoms with Gasteiger partial charge in [0, 0.05) is 41.0 Å². The molecule has 0 radical (unpaired) electrons. The van der Waals surface area contributed by atoms with Crippen LogP contribution in [0.15, 0.2) is 35.2 Å². The molecule has 28 heavy (non-hydrogen) atoms. The van der Waals surface area contributed by atoms with Crippen molar-refractivity contribution < 1.29 is 13.2 Å². The number of amides is 1. The van der Waals surface area contributed by atoms with Gasteiger partial charge >= 0.3 is 0 Å². The standard InChI is InChI=1S/C20H23ClN2O3S2/c1-14-12-18(15(2)27-14)28(25,26)23-10-8-22(9-11-23)19(24)20(6-7-20)16-4-3-5-17(21)13-16/h3-5,12-13H,6-11H2,1-2H3. The molecule has 1 saturated heterocycles. The molecule has 0 N–H and O–H groups in total. The average molecular weight is 439 g/mol. The molecular weight excluding hydrogens is 416 g/mol. The van der Waals surface area contributed by atoms with Crippen LogP contribution < -0.4 is 0 Å². The van der Waals surface area contributed by atoms with Crippen molar-refractivity contribution in [3.05, 3.63) is 50.7 Å². The van der Waals surface area contributed by atoms with E-state index in [0.29, 0.717) is 36.1 Å². The minimum absolute atomic E-state index is 0.0920. The first kappa shape index (κ1) is 19.9. The van der Waals surface area contributed by atoms with Crippen LogP contribution in [0.2, 0.25) is 5.02 Å².